The molecule has 3 heterocycles. The number of hydrogen-bond acceptors (Lipinski definition) is 6. The number of piperidine rings is 2. The Morgan fingerprint density at radius 3 is 2.59 bits per heavy atom. The SMILES string of the molecule is CCOC(=O)/C(F)=C/[C@@H](C[C@H]1CCNC1=O)NC(=O)[C@@H]1[C@@H]2CC[C@@H](CC2(F)F)N1C(=O)[C@@H](CC(C)C)Nc1cccc(Cl)c1. The molecular weight excluding hydrogens is 601 g/mol. The molecule has 3 saturated heterocycles. The van der Waals surface area contributed by atoms with Gasteiger partial charge in [0.1, 0.15) is 12.1 Å². The van der Waals surface area contributed by atoms with Crippen molar-refractivity contribution < 1.29 is 37.1 Å². The number of carbonyl (C=O) groups is 4. The van der Waals surface area contributed by atoms with E-state index in [9.17, 15) is 23.6 Å². The van der Waals surface area contributed by atoms with Gasteiger partial charge >= 0.3 is 5.97 Å². The summed E-state index contributed by atoms with van der Waals surface area (Å²) in [7, 11) is 0. The molecule has 9 nitrogen and oxygen atoms in total. The third-order valence-corrected chi connectivity index (χ3v) is 8.71. The summed E-state index contributed by atoms with van der Waals surface area (Å²) >= 11 is 6.14. The molecule has 4 fully saturated rings. The normalized spacial score (nSPS) is 25.8. The van der Waals surface area contributed by atoms with Crippen molar-refractivity contribution >= 4 is 41.0 Å². The molecule has 3 amide bonds. The predicted molar refractivity (Wildman–Crippen MR) is 159 cm³/mol. The number of anilines is 1. The minimum Gasteiger partial charge on any atom is -0.461 e. The van der Waals surface area contributed by atoms with Crippen LogP contribution in [-0.4, -0.2) is 71.8 Å². The predicted octanol–water partition coefficient (Wildman–Crippen LogP) is 4.61. The van der Waals surface area contributed by atoms with E-state index in [0.29, 0.717) is 36.5 Å². The maximum atomic E-state index is 15.3. The van der Waals surface area contributed by atoms with Gasteiger partial charge in [0.05, 0.1) is 18.6 Å². The average molecular weight is 641 g/mol. The molecule has 0 unspecified atom stereocenters. The number of nitrogens with zero attached hydrogens (tertiary/aromatic N) is 1. The third-order valence-electron chi connectivity index (χ3n) is 8.48. The highest BCUT2D eigenvalue weighted by Gasteiger charge is 2.61. The Balaban J connectivity index is 1.65. The largest absolute Gasteiger partial charge is 0.461 e. The van der Waals surface area contributed by atoms with E-state index >= 15 is 8.78 Å². The van der Waals surface area contributed by atoms with Crippen LogP contribution in [0.5, 0.6) is 0 Å². The van der Waals surface area contributed by atoms with Gasteiger partial charge in [-0.2, -0.15) is 4.39 Å². The summed E-state index contributed by atoms with van der Waals surface area (Å²) in [5.41, 5.74) is 0.569. The molecule has 0 spiro atoms. The van der Waals surface area contributed by atoms with E-state index in [1.54, 1.807) is 24.3 Å². The first-order valence-corrected chi connectivity index (χ1v) is 15.5. The zero-order valence-electron chi connectivity index (χ0n) is 25.1. The summed E-state index contributed by atoms with van der Waals surface area (Å²) in [5.74, 6) is -9.42. The van der Waals surface area contributed by atoms with Gasteiger partial charge in [-0.25, -0.2) is 13.6 Å². The highest BCUT2D eigenvalue weighted by molar-refractivity contribution is 6.30. The molecule has 1 saturated carbocycles. The van der Waals surface area contributed by atoms with Crippen LogP contribution < -0.4 is 16.0 Å². The van der Waals surface area contributed by atoms with Gasteiger partial charge in [0.2, 0.25) is 23.5 Å². The second-order valence-electron chi connectivity index (χ2n) is 12.2. The zero-order valence-corrected chi connectivity index (χ0v) is 25.8. The lowest BCUT2D eigenvalue weighted by molar-refractivity contribution is -0.194. The maximum absolute atomic E-state index is 15.3. The van der Waals surface area contributed by atoms with Crippen LogP contribution >= 0.6 is 11.6 Å². The molecule has 13 heteroatoms. The molecule has 5 rings (SSSR count). The quantitative estimate of drug-likeness (QED) is 0.227. The molecule has 1 aromatic carbocycles. The van der Waals surface area contributed by atoms with Crippen LogP contribution in [0.15, 0.2) is 36.2 Å². The van der Waals surface area contributed by atoms with E-state index in [1.807, 2.05) is 13.8 Å². The van der Waals surface area contributed by atoms with E-state index < -0.39 is 72.0 Å². The topological polar surface area (TPSA) is 117 Å². The maximum Gasteiger partial charge on any atom is 0.366 e. The lowest BCUT2D eigenvalue weighted by Crippen LogP contribution is -2.70. The van der Waals surface area contributed by atoms with Crippen molar-refractivity contribution in [2.75, 3.05) is 18.5 Å². The minimum absolute atomic E-state index is 0.0266. The van der Waals surface area contributed by atoms with Gasteiger partial charge in [0.15, 0.2) is 0 Å². The van der Waals surface area contributed by atoms with E-state index in [2.05, 4.69) is 16.0 Å². The number of amides is 3. The van der Waals surface area contributed by atoms with E-state index in [-0.39, 0.29) is 31.3 Å². The summed E-state index contributed by atoms with van der Waals surface area (Å²) in [5, 5.41) is 8.90. The van der Waals surface area contributed by atoms with Crippen molar-refractivity contribution in [3.63, 3.8) is 0 Å². The Labute approximate surface area is 260 Å². The van der Waals surface area contributed by atoms with Crippen molar-refractivity contribution in [1.29, 1.82) is 0 Å². The monoisotopic (exact) mass is 640 g/mol. The average Bonchev–Trinajstić information content (AvgIpc) is 3.35. The van der Waals surface area contributed by atoms with Gasteiger partial charge in [-0.3, -0.25) is 14.4 Å². The van der Waals surface area contributed by atoms with Crippen LogP contribution in [0.3, 0.4) is 0 Å². The molecule has 0 aromatic heterocycles. The summed E-state index contributed by atoms with van der Waals surface area (Å²) in [4.78, 5) is 53.7. The van der Waals surface area contributed by atoms with E-state index in [4.69, 9.17) is 16.3 Å². The number of fused-ring (bicyclic) bond motifs is 3. The number of carbonyl (C=O) groups excluding carboxylic acids is 4. The molecule has 4 aliphatic rings. The Hall–Kier alpha value is -3.28. The summed E-state index contributed by atoms with van der Waals surface area (Å²) in [6.45, 7) is 5.67. The zero-order chi connectivity index (χ0) is 32.2. The van der Waals surface area contributed by atoms with Crippen molar-refractivity contribution in [1.82, 2.24) is 15.5 Å². The molecule has 6 atom stereocenters. The van der Waals surface area contributed by atoms with Gasteiger partial charge in [0.25, 0.3) is 5.92 Å². The standard InChI is InChI=1S/C31H40ClF3N4O5/c1-4-44-30(43)24(33)15-21(13-18-10-11-36-27(18)40)38-28(41)26-23-9-8-22(16-31(23,34)35)39(26)29(42)25(12-17(2)3)37-20-7-5-6-19(32)14-20/h5-7,14-15,17-18,21-23,25-26,37H,4,8-13,16H2,1-3H3,(H,36,40)(H,38,41)/b24-15-/t18-,21-,22+,23+,25-,26+/m1/s1. The first kappa shape index (κ1) is 33.6. The molecule has 0 radical (unpaired) electrons. The van der Waals surface area contributed by atoms with Gasteiger partial charge in [-0.05, 0) is 69.2 Å². The van der Waals surface area contributed by atoms with Crippen LogP contribution in [0, 0.1) is 17.8 Å². The Kier molecular flexibility index (Phi) is 10.9. The third kappa shape index (κ3) is 7.86. The van der Waals surface area contributed by atoms with Gasteiger partial charge in [-0.15, -0.1) is 0 Å². The highest BCUT2D eigenvalue weighted by atomic mass is 35.5. The number of nitrogens with one attached hydrogen (secondary N) is 3. The molecule has 242 valence electrons. The lowest BCUT2D eigenvalue weighted by Gasteiger charge is -2.54. The van der Waals surface area contributed by atoms with Gasteiger partial charge < -0.3 is 25.6 Å². The molecule has 44 heavy (non-hydrogen) atoms. The van der Waals surface area contributed by atoms with Crippen molar-refractivity contribution in [3.8, 4) is 0 Å². The van der Waals surface area contributed by atoms with Crippen molar-refractivity contribution in [2.24, 2.45) is 17.8 Å². The van der Waals surface area contributed by atoms with Crippen LogP contribution in [0.1, 0.15) is 59.3 Å². The number of ether oxygens (including phenoxy) is 1. The number of rotatable bonds is 12. The smallest absolute Gasteiger partial charge is 0.366 e. The summed E-state index contributed by atoms with van der Waals surface area (Å²) in [6.07, 6.45) is 1.32. The number of hydrogen-bond donors (Lipinski definition) is 3. The van der Waals surface area contributed by atoms with Gasteiger partial charge in [-0.1, -0.05) is 31.5 Å². The number of esters is 1. The second kappa shape index (κ2) is 14.2. The number of halogens is 4. The van der Waals surface area contributed by atoms with E-state index in [0.717, 1.165) is 6.08 Å². The van der Waals surface area contributed by atoms with Crippen LogP contribution in [0.4, 0.5) is 18.9 Å². The van der Waals surface area contributed by atoms with E-state index in [1.165, 1.54) is 11.8 Å². The Morgan fingerprint density at radius 2 is 1.98 bits per heavy atom. The Bertz CT molecular complexity index is 1280. The highest BCUT2D eigenvalue weighted by Crippen LogP contribution is 2.49. The molecule has 3 N–H and O–H groups in total. The second-order valence-corrected chi connectivity index (χ2v) is 12.6. The first-order valence-electron chi connectivity index (χ1n) is 15.1. The van der Waals surface area contributed by atoms with Crippen molar-refractivity contribution in [3.05, 3.63) is 41.2 Å². The molecule has 1 aliphatic carbocycles. The number of alkyl halides is 2. The summed E-state index contributed by atoms with van der Waals surface area (Å²) < 4.78 is 50.1. The van der Waals surface area contributed by atoms with Gasteiger partial charge in [0, 0.05) is 35.6 Å². The fourth-order valence-corrected chi connectivity index (χ4v) is 6.72. The summed E-state index contributed by atoms with van der Waals surface area (Å²) in [6, 6.07) is 2.33. The Morgan fingerprint density at radius 1 is 1.23 bits per heavy atom. The van der Waals surface area contributed by atoms with Crippen molar-refractivity contribution in [2.45, 2.75) is 89.4 Å². The fourth-order valence-electron chi connectivity index (χ4n) is 6.53. The van der Waals surface area contributed by atoms with Crippen LogP contribution in [0.2, 0.25) is 5.02 Å². The molecule has 3 aliphatic heterocycles. The van der Waals surface area contributed by atoms with Crippen LogP contribution in [-0.2, 0) is 23.9 Å². The number of benzene rings is 1. The molecular formula is C31H40ClF3N4O5. The first-order chi connectivity index (χ1) is 20.8. The minimum atomic E-state index is -3.21. The van der Waals surface area contributed by atoms with Crippen LogP contribution in [0.25, 0.3) is 0 Å². The molecule has 2 bridgehead atoms. The molecule has 1 aromatic rings. The fraction of sp³-hybridized carbons (Fsp3) is 0.613. The lowest BCUT2D eigenvalue weighted by atomic mass is 9.71.